The number of imidazole rings is 1. The van der Waals surface area contributed by atoms with Gasteiger partial charge in [-0.15, -0.1) is 6.58 Å². The molecule has 286 valence electrons. The molecule has 2 unspecified atom stereocenters. The molecule has 51 heavy (non-hydrogen) atoms. The number of hydrogen-bond donors (Lipinski definition) is 2. The average molecular weight is 729 g/mol. The molecule has 1 saturated heterocycles. The number of carbonyl (C=O) groups is 2. The second-order valence-electron chi connectivity index (χ2n) is 12.2. The Kier molecular flexibility index (Phi) is 22.6. The Balaban J connectivity index is 0.00000149. The van der Waals surface area contributed by atoms with Gasteiger partial charge in [0, 0.05) is 58.4 Å². The van der Waals surface area contributed by atoms with Gasteiger partial charge < -0.3 is 29.6 Å². The molecule has 0 bridgehead atoms. The zero-order chi connectivity index (χ0) is 38.3. The average Bonchev–Trinajstić information content (AvgIpc) is 3.58. The third-order valence-corrected chi connectivity index (χ3v) is 8.85. The molecule has 2 atom stereocenters. The minimum Gasteiger partial charge on any atom is -0.446 e. The quantitative estimate of drug-likeness (QED) is 0.212. The maximum absolute atomic E-state index is 13.0. The maximum atomic E-state index is 13.0. The van der Waals surface area contributed by atoms with Crippen molar-refractivity contribution in [2.75, 3.05) is 46.9 Å². The SMILES string of the molecule is C=C(C)CC(c1ccc(Cl)cc1/C(=C\C)C(NC(=O)COC)c1cncn1C)N1CCN(C(=O)OC2CCCCC2)CC1.C=CNC.CC.CC. The number of amides is 2. The molecule has 2 amide bonds. The summed E-state index contributed by atoms with van der Waals surface area (Å²) in [7, 11) is 5.22. The summed E-state index contributed by atoms with van der Waals surface area (Å²) in [5.74, 6) is -0.230. The molecule has 1 saturated carbocycles. The number of rotatable bonds is 12. The Morgan fingerprint density at radius 1 is 1.10 bits per heavy atom. The molecule has 2 heterocycles. The van der Waals surface area contributed by atoms with Gasteiger partial charge in [-0.2, -0.15) is 0 Å². The molecule has 1 aliphatic carbocycles. The normalized spacial score (nSPS) is 16.0. The van der Waals surface area contributed by atoms with Crippen molar-refractivity contribution in [2.24, 2.45) is 7.05 Å². The molecular formula is C40H65ClN6O4. The Bertz CT molecular complexity index is 1360. The first-order valence-corrected chi connectivity index (χ1v) is 18.8. The fraction of sp³-hybridized carbons (Fsp3) is 0.575. The van der Waals surface area contributed by atoms with E-state index < -0.39 is 6.04 Å². The summed E-state index contributed by atoms with van der Waals surface area (Å²) in [6, 6.07) is 5.49. The minimum absolute atomic E-state index is 0.00176. The Hall–Kier alpha value is -3.60. The summed E-state index contributed by atoms with van der Waals surface area (Å²) in [5.41, 5.74) is 4.84. The van der Waals surface area contributed by atoms with Crippen molar-refractivity contribution in [3.63, 3.8) is 0 Å². The second kappa shape index (κ2) is 25.4. The van der Waals surface area contributed by atoms with Crippen LogP contribution in [-0.4, -0.2) is 84.4 Å². The molecule has 2 N–H and O–H groups in total. The predicted molar refractivity (Wildman–Crippen MR) is 212 cm³/mol. The number of allylic oxidation sites excluding steroid dienone is 1. The number of aromatic nitrogens is 2. The summed E-state index contributed by atoms with van der Waals surface area (Å²) in [4.78, 5) is 34.4. The van der Waals surface area contributed by atoms with Crippen molar-refractivity contribution < 1.29 is 19.1 Å². The van der Waals surface area contributed by atoms with Gasteiger partial charge in [0.2, 0.25) is 5.91 Å². The standard InChI is InChI=1S/C33H46ClN5O4.C3H7N.2C2H6/c1-6-26(32(36-31(40)21-42-5)30-20-35-22-37(30)4)28-19-24(34)12-13-27(28)29(18-23(2)3)38-14-16-39(17-15-38)33(41)43-25-10-8-7-9-11-25;1-3-4-2;2*1-2/h6,12-13,19-20,22,25,29,32H,2,7-11,14-18,21H2,1,3-5H3,(H,36,40);3-4H,1H2,2H3;2*1-2H3/b26-6+;;;. The summed E-state index contributed by atoms with van der Waals surface area (Å²) in [5, 5.41) is 6.44. The van der Waals surface area contributed by atoms with Crippen LogP contribution in [0.25, 0.3) is 5.57 Å². The van der Waals surface area contributed by atoms with Crippen LogP contribution in [0, 0.1) is 0 Å². The van der Waals surface area contributed by atoms with Crippen LogP contribution in [-0.2, 0) is 21.3 Å². The Labute approximate surface area is 313 Å². The molecule has 2 fully saturated rings. The fourth-order valence-corrected chi connectivity index (χ4v) is 6.39. The van der Waals surface area contributed by atoms with E-state index >= 15 is 0 Å². The largest absolute Gasteiger partial charge is 0.446 e. The van der Waals surface area contributed by atoms with Gasteiger partial charge in [-0.05, 0) is 81.0 Å². The van der Waals surface area contributed by atoms with E-state index in [1.54, 1.807) is 18.7 Å². The van der Waals surface area contributed by atoms with E-state index in [9.17, 15) is 9.59 Å². The lowest BCUT2D eigenvalue weighted by atomic mass is 9.86. The highest BCUT2D eigenvalue weighted by Gasteiger charge is 2.32. The van der Waals surface area contributed by atoms with Crippen molar-refractivity contribution in [1.82, 2.24) is 30.0 Å². The molecule has 11 heteroatoms. The summed E-state index contributed by atoms with van der Waals surface area (Å²) in [6.07, 6.45) is 13.1. The zero-order valence-corrected chi connectivity index (χ0v) is 33.5. The number of piperazine rings is 1. The van der Waals surface area contributed by atoms with Crippen molar-refractivity contribution in [3.8, 4) is 0 Å². The van der Waals surface area contributed by atoms with Gasteiger partial charge in [0.05, 0.1) is 24.3 Å². The molecule has 0 radical (unpaired) electrons. The highest BCUT2D eigenvalue weighted by Crippen LogP contribution is 2.39. The van der Waals surface area contributed by atoms with Crippen LogP contribution >= 0.6 is 11.6 Å². The van der Waals surface area contributed by atoms with Crippen LogP contribution in [0.5, 0.6) is 0 Å². The van der Waals surface area contributed by atoms with Crippen LogP contribution in [0.2, 0.25) is 5.02 Å². The highest BCUT2D eigenvalue weighted by atomic mass is 35.5. The highest BCUT2D eigenvalue weighted by molar-refractivity contribution is 6.30. The third kappa shape index (κ3) is 14.5. The number of nitrogens with zero attached hydrogens (tertiary/aromatic N) is 4. The first-order valence-electron chi connectivity index (χ1n) is 18.5. The lowest BCUT2D eigenvalue weighted by molar-refractivity contribution is -0.125. The zero-order valence-electron chi connectivity index (χ0n) is 32.8. The van der Waals surface area contributed by atoms with Crippen LogP contribution in [0.4, 0.5) is 4.79 Å². The van der Waals surface area contributed by atoms with Gasteiger partial charge >= 0.3 is 6.09 Å². The second-order valence-corrected chi connectivity index (χ2v) is 12.6. The van der Waals surface area contributed by atoms with Gasteiger partial charge in [-0.3, -0.25) is 9.69 Å². The van der Waals surface area contributed by atoms with E-state index in [0.717, 1.165) is 60.1 Å². The van der Waals surface area contributed by atoms with Crippen molar-refractivity contribution in [1.29, 1.82) is 0 Å². The number of methoxy groups -OCH3 is 1. The molecule has 1 aromatic heterocycles. The summed E-state index contributed by atoms with van der Waals surface area (Å²) in [6.45, 7) is 22.2. The van der Waals surface area contributed by atoms with Gasteiger partial charge in [0.1, 0.15) is 12.7 Å². The molecule has 2 aromatic rings. The van der Waals surface area contributed by atoms with Gasteiger partial charge in [-0.1, -0.05) is 70.0 Å². The number of hydrogen-bond acceptors (Lipinski definition) is 7. The van der Waals surface area contributed by atoms with Crippen molar-refractivity contribution in [2.45, 2.75) is 98.3 Å². The number of aryl methyl sites for hydroxylation is 1. The van der Waals surface area contributed by atoms with E-state index in [1.807, 2.05) is 83.3 Å². The van der Waals surface area contributed by atoms with Crippen molar-refractivity contribution in [3.05, 3.63) is 83.6 Å². The molecular weight excluding hydrogens is 664 g/mol. The van der Waals surface area contributed by atoms with E-state index in [2.05, 4.69) is 39.7 Å². The molecule has 1 aliphatic heterocycles. The fourth-order valence-electron chi connectivity index (χ4n) is 6.22. The Morgan fingerprint density at radius 3 is 2.24 bits per heavy atom. The van der Waals surface area contributed by atoms with E-state index in [0.29, 0.717) is 31.2 Å². The van der Waals surface area contributed by atoms with E-state index in [4.69, 9.17) is 21.1 Å². The third-order valence-electron chi connectivity index (χ3n) is 8.62. The molecule has 0 spiro atoms. The lowest BCUT2D eigenvalue weighted by Gasteiger charge is -2.40. The van der Waals surface area contributed by atoms with E-state index in [-0.39, 0.29) is 30.8 Å². The van der Waals surface area contributed by atoms with Crippen LogP contribution in [0.1, 0.15) is 109 Å². The number of benzene rings is 1. The maximum Gasteiger partial charge on any atom is 0.410 e. The monoisotopic (exact) mass is 728 g/mol. The van der Waals surface area contributed by atoms with E-state index in [1.165, 1.54) is 13.5 Å². The predicted octanol–water partition coefficient (Wildman–Crippen LogP) is 8.48. The molecule has 4 rings (SSSR count). The molecule has 10 nitrogen and oxygen atoms in total. The first kappa shape index (κ1) is 45.4. The number of ether oxygens (including phenoxy) is 2. The summed E-state index contributed by atoms with van der Waals surface area (Å²) >= 11 is 6.62. The number of carbonyl (C=O) groups excluding carboxylic acids is 2. The topological polar surface area (TPSA) is 101 Å². The Morgan fingerprint density at radius 2 is 1.73 bits per heavy atom. The van der Waals surface area contributed by atoms with Gasteiger partial charge in [0.25, 0.3) is 0 Å². The van der Waals surface area contributed by atoms with Crippen LogP contribution < -0.4 is 10.6 Å². The summed E-state index contributed by atoms with van der Waals surface area (Å²) < 4.78 is 12.9. The van der Waals surface area contributed by atoms with Crippen LogP contribution in [0.3, 0.4) is 0 Å². The van der Waals surface area contributed by atoms with Crippen molar-refractivity contribution >= 4 is 29.2 Å². The number of nitrogens with one attached hydrogen (secondary N) is 2. The van der Waals surface area contributed by atoms with Gasteiger partial charge in [0.15, 0.2) is 0 Å². The first-order chi connectivity index (χ1) is 24.6. The van der Waals surface area contributed by atoms with Crippen LogP contribution in [0.15, 0.2) is 61.7 Å². The molecule has 2 aliphatic rings. The van der Waals surface area contributed by atoms with Gasteiger partial charge in [-0.25, -0.2) is 9.78 Å². The molecule has 1 aromatic carbocycles. The lowest BCUT2D eigenvalue weighted by Crippen LogP contribution is -2.50. The minimum atomic E-state index is -0.478. The number of halogens is 1. The smallest absolute Gasteiger partial charge is 0.410 e.